The Kier molecular flexibility index (Phi) is 10.2. The molecule has 1 atom stereocenters. The monoisotopic (exact) mass is 667 g/mol. The van der Waals surface area contributed by atoms with Crippen LogP contribution in [0.2, 0.25) is 23.3 Å². The first-order valence-corrected chi connectivity index (χ1v) is 18.7. The highest BCUT2D eigenvalue weighted by molar-refractivity contribution is 6.74. The highest BCUT2D eigenvalue weighted by atomic mass is 35.5. The molecular weight excluding hydrogens is 622 g/mol. The first-order valence-electron chi connectivity index (χ1n) is 15.4. The lowest BCUT2D eigenvalue weighted by Crippen LogP contribution is -2.46. The van der Waals surface area contributed by atoms with Gasteiger partial charge < -0.3 is 19.2 Å². The van der Waals surface area contributed by atoms with Crippen LogP contribution >= 0.6 is 11.6 Å². The normalized spacial score (nSPS) is 16.7. The number of nitrogens with zero attached hydrogens (tertiary/aromatic N) is 6. The number of anilines is 3. The third-order valence-corrected chi connectivity index (χ3v) is 13.2. The fourth-order valence-corrected chi connectivity index (χ4v) is 6.30. The molecule has 1 aliphatic heterocycles. The van der Waals surface area contributed by atoms with Crippen molar-refractivity contribution in [1.29, 1.82) is 5.26 Å². The summed E-state index contributed by atoms with van der Waals surface area (Å²) in [5, 5.41) is 18.3. The second-order valence-electron chi connectivity index (χ2n) is 14.5. The van der Waals surface area contributed by atoms with E-state index in [0.717, 1.165) is 17.5 Å². The zero-order chi connectivity index (χ0) is 34.1. The van der Waals surface area contributed by atoms with Crippen molar-refractivity contribution >= 4 is 43.5 Å². The Labute approximate surface area is 278 Å². The predicted octanol–water partition coefficient (Wildman–Crippen LogP) is 7.68. The maximum atomic E-state index is 13.5. The Morgan fingerprint density at radius 2 is 1.91 bits per heavy atom. The first-order chi connectivity index (χ1) is 21.4. The van der Waals surface area contributed by atoms with Crippen molar-refractivity contribution in [1.82, 2.24) is 19.7 Å². The van der Waals surface area contributed by atoms with E-state index in [4.69, 9.17) is 30.5 Å². The molecule has 0 saturated heterocycles. The molecule has 0 spiro atoms. The standard InChI is InChI=1S/C33H46ClN7O4Si/c1-31(2,3)45-30(42)40-20-33(7,21-44-46(9,10)32(4,5)6)24-17-22(16-23(19-35)28(24)40)25-12-13-36-29(37-25)38-27-18-26(34)39-41(27)14-11-15-43-8/h12-13,16-18H,11,14-15,20-21H2,1-10H3,(H,36,37,38)/t33-/m1/s1. The van der Waals surface area contributed by atoms with Gasteiger partial charge in [-0.05, 0) is 69.1 Å². The fraction of sp³-hybridized carbons (Fsp3) is 0.545. The highest BCUT2D eigenvalue weighted by Gasteiger charge is 2.47. The van der Waals surface area contributed by atoms with Crippen LogP contribution in [-0.2, 0) is 25.9 Å². The number of hydrogen-bond donors (Lipinski definition) is 1. The molecule has 1 N–H and O–H groups in total. The predicted molar refractivity (Wildman–Crippen MR) is 183 cm³/mol. The number of fused-ring (bicyclic) bond motifs is 1. The molecule has 4 rings (SSSR count). The molecule has 0 bridgehead atoms. The molecule has 2 aromatic heterocycles. The van der Waals surface area contributed by atoms with Crippen LogP contribution in [0.1, 0.15) is 66.0 Å². The van der Waals surface area contributed by atoms with Gasteiger partial charge in [-0.25, -0.2) is 19.4 Å². The molecule has 1 amide bonds. The molecule has 11 nitrogen and oxygen atoms in total. The van der Waals surface area contributed by atoms with Crippen LogP contribution in [0.5, 0.6) is 0 Å². The summed E-state index contributed by atoms with van der Waals surface area (Å²) >= 11 is 6.21. The van der Waals surface area contributed by atoms with Gasteiger partial charge in [-0.3, -0.25) is 4.90 Å². The molecule has 0 fully saturated rings. The number of benzene rings is 1. The molecule has 46 heavy (non-hydrogen) atoms. The van der Waals surface area contributed by atoms with Crippen molar-refractivity contribution in [3.63, 3.8) is 0 Å². The molecule has 0 radical (unpaired) electrons. The summed E-state index contributed by atoms with van der Waals surface area (Å²) in [5.74, 6) is 0.994. The molecule has 13 heteroatoms. The number of rotatable bonds is 10. The molecule has 3 aromatic rings. The van der Waals surface area contributed by atoms with Crippen LogP contribution < -0.4 is 10.2 Å². The number of ether oxygens (including phenoxy) is 2. The van der Waals surface area contributed by atoms with Gasteiger partial charge in [0.25, 0.3) is 0 Å². The van der Waals surface area contributed by atoms with E-state index < -0.39 is 25.4 Å². The number of aryl methyl sites for hydroxylation is 1. The lowest BCUT2D eigenvalue weighted by Gasteiger charge is -2.39. The average Bonchev–Trinajstić information content (AvgIpc) is 3.46. The van der Waals surface area contributed by atoms with Crippen molar-refractivity contribution in [2.45, 2.75) is 90.6 Å². The maximum Gasteiger partial charge on any atom is 0.414 e. The maximum absolute atomic E-state index is 13.5. The number of methoxy groups -OCH3 is 1. The fourth-order valence-electron chi connectivity index (χ4n) is 4.99. The summed E-state index contributed by atoms with van der Waals surface area (Å²) in [6.07, 6.45) is 1.92. The third kappa shape index (κ3) is 7.89. The van der Waals surface area contributed by atoms with Crippen molar-refractivity contribution < 1.29 is 18.7 Å². The van der Waals surface area contributed by atoms with Crippen LogP contribution in [0.3, 0.4) is 0 Å². The van der Waals surface area contributed by atoms with Gasteiger partial charge >= 0.3 is 6.09 Å². The lowest BCUT2D eigenvalue weighted by atomic mass is 9.83. The molecule has 0 aliphatic carbocycles. The molecule has 248 valence electrons. The summed E-state index contributed by atoms with van der Waals surface area (Å²) in [6, 6.07) is 9.61. The van der Waals surface area contributed by atoms with Gasteiger partial charge in [-0.2, -0.15) is 10.4 Å². The minimum absolute atomic E-state index is 0.00303. The van der Waals surface area contributed by atoms with Crippen LogP contribution in [0.25, 0.3) is 11.3 Å². The summed E-state index contributed by atoms with van der Waals surface area (Å²) in [4.78, 5) is 24.3. The SMILES string of the molecule is COCCCn1nc(Cl)cc1Nc1nccc(-c2cc(C#N)c3c(c2)[C@@](C)(CO[Si](C)(C)C(C)(C)C)CN3C(=O)OC(C)(C)C)n1. The third-order valence-electron chi connectivity index (χ3n) is 8.49. The summed E-state index contributed by atoms with van der Waals surface area (Å²) in [7, 11) is -0.481. The first kappa shape index (κ1) is 35.4. The van der Waals surface area contributed by atoms with E-state index in [1.807, 2.05) is 26.8 Å². The topological polar surface area (TPSA) is 127 Å². The summed E-state index contributed by atoms with van der Waals surface area (Å²) in [6.45, 7) is 20.5. The Morgan fingerprint density at radius 3 is 2.54 bits per heavy atom. The Morgan fingerprint density at radius 1 is 1.20 bits per heavy atom. The van der Waals surface area contributed by atoms with E-state index in [2.05, 4.69) is 62.3 Å². The van der Waals surface area contributed by atoms with E-state index in [-0.39, 0.29) is 5.04 Å². The van der Waals surface area contributed by atoms with E-state index in [1.54, 1.807) is 41.1 Å². The van der Waals surface area contributed by atoms with Crippen LogP contribution in [0.15, 0.2) is 30.5 Å². The smallest absolute Gasteiger partial charge is 0.414 e. The second-order valence-corrected chi connectivity index (χ2v) is 19.7. The minimum Gasteiger partial charge on any atom is -0.443 e. The van der Waals surface area contributed by atoms with Gasteiger partial charge in [0.05, 0.1) is 16.9 Å². The van der Waals surface area contributed by atoms with Crippen molar-refractivity contribution in [3.05, 3.63) is 46.7 Å². The van der Waals surface area contributed by atoms with E-state index in [0.29, 0.717) is 60.2 Å². The van der Waals surface area contributed by atoms with Crippen LogP contribution in [-0.4, -0.2) is 66.6 Å². The number of carbonyl (C=O) groups excluding carboxylic acids is 1. The summed E-state index contributed by atoms with van der Waals surface area (Å²) in [5.41, 5.74) is 1.75. The second kappa shape index (κ2) is 13.3. The molecule has 3 heterocycles. The molecular formula is C33H46ClN7O4Si. The van der Waals surface area contributed by atoms with E-state index >= 15 is 0 Å². The number of halogens is 1. The molecule has 0 saturated carbocycles. The largest absolute Gasteiger partial charge is 0.443 e. The van der Waals surface area contributed by atoms with E-state index in [9.17, 15) is 10.1 Å². The number of hydrogen-bond acceptors (Lipinski definition) is 9. The van der Waals surface area contributed by atoms with Gasteiger partial charge in [-0.15, -0.1) is 0 Å². The van der Waals surface area contributed by atoms with Gasteiger partial charge in [-0.1, -0.05) is 39.3 Å². The Bertz CT molecular complexity index is 1620. The number of amides is 1. The number of nitrogens with one attached hydrogen (secondary N) is 1. The number of carbonyl (C=O) groups is 1. The van der Waals surface area contributed by atoms with Gasteiger partial charge in [0.2, 0.25) is 5.95 Å². The molecule has 1 aliphatic rings. The lowest BCUT2D eigenvalue weighted by molar-refractivity contribution is 0.0575. The Balaban J connectivity index is 1.76. The van der Waals surface area contributed by atoms with Crippen LogP contribution in [0.4, 0.5) is 22.2 Å². The Hall–Kier alpha value is -3.50. The number of aromatic nitrogens is 4. The van der Waals surface area contributed by atoms with Crippen molar-refractivity contribution in [2.24, 2.45) is 0 Å². The minimum atomic E-state index is -2.14. The zero-order valence-electron chi connectivity index (χ0n) is 28.6. The zero-order valence-corrected chi connectivity index (χ0v) is 30.4. The van der Waals surface area contributed by atoms with Crippen LogP contribution in [0, 0.1) is 11.3 Å². The van der Waals surface area contributed by atoms with Gasteiger partial charge in [0.15, 0.2) is 13.5 Å². The van der Waals surface area contributed by atoms with E-state index in [1.165, 1.54) is 0 Å². The quantitative estimate of drug-likeness (QED) is 0.171. The highest BCUT2D eigenvalue weighted by Crippen LogP contribution is 2.47. The van der Waals surface area contributed by atoms with Gasteiger partial charge in [0.1, 0.15) is 17.5 Å². The van der Waals surface area contributed by atoms with Crippen molar-refractivity contribution in [3.8, 4) is 17.3 Å². The molecule has 1 aromatic carbocycles. The van der Waals surface area contributed by atoms with Crippen molar-refractivity contribution in [2.75, 3.05) is 37.1 Å². The molecule has 0 unspecified atom stereocenters. The number of nitriles is 1. The summed E-state index contributed by atoms with van der Waals surface area (Å²) < 4.78 is 19.4. The van der Waals surface area contributed by atoms with Gasteiger partial charge in [0, 0.05) is 56.7 Å². The average molecular weight is 668 g/mol.